The minimum absolute atomic E-state index is 0.0663. The molecule has 1 atom stereocenters. The van der Waals surface area contributed by atoms with Gasteiger partial charge in [-0.15, -0.1) is 0 Å². The van der Waals surface area contributed by atoms with Crippen LogP contribution >= 0.6 is 11.6 Å². The Morgan fingerprint density at radius 1 is 1.15 bits per heavy atom. The number of hydrogen-bond acceptors (Lipinski definition) is 4. The van der Waals surface area contributed by atoms with Crippen LogP contribution in [0.5, 0.6) is 0 Å². The van der Waals surface area contributed by atoms with E-state index in [-0.39, 0.29) is 12.5 Å². The molecule has 1 aromatic heterocycles. The van der Waals surface area contributed by atoms with E-state index in [0.29, 0.717) is 35.1 Å². The Kier molecular flexibility index (Phi) is 4.61. The molecule has 138 valence electrons. The van der Waals surface area contributed by atoms with Crippen LogP contribution < -0.4 is 0 Å². The Morgan fingerprint density at radius 2 is 1.85 bits per heavy atom. The Balaban J connectivity index is 1.59. The lowest BCUT2D eigenvalue weighted by Crippen LogP contribution is -2.27. The highest BCUT2D eigenvalue weighted by Gasteiger charge is 2.36. The normalized spacial score (nSPS) is 16.9. The molecule has 1 aliphatic rings. The lowest BCUT2D eigenvalue weighted by Gasteiger charge is -2.22. The number of likely N-dealkylation sites (tertiary alicyclic amines) is 1. The van der Waals surface area contributed by atoms with E-state index in [1.54, 1.807) is 24.3 Å². The molecule has 1 unspecified atom stereocenters. The van der Waals surface area contributed by atoms with Crippen molar-refractivity contribution < 1.29 is 18.1 Å². The largest absolute Gasteiger partial charge is 0.337 e. The minimum atomic E-state index is -0.684. The van der Waals surface area contributed by atoms with Gasteiger partial charge in [-0.2, -0.15) is 4.98 Å². The quantitative estimate of drug-likeness (QED) is 0.657. The summed E-state index contributed by atoms with van der Waals surface area (Å²) < 4.78 is 32.3. The highest BCUT2D eigenvalue weighted by atomic mass is 35.5. The van der Waals surface area contributed by atoms with Gasteiger partial charge in [0.1, 0.15) is 17.7 Å². The molecular weight excluding hydrogens is 376 g/mol. The number of aromatic nitrogens is 2. The maximum atomic E-state index is 13.4. The summed E-state index contributed by atoms with van der Waals surface area (Å²) in [7, 11) is 0. The van der Waals surface area contributed by atoms with Crippen LogP contribution in [0.2, 0.25) is 5.02 Å². The summed E-state index contributed by atoms with van der Waals surface area (Å²) in [4.78, 5) is 18.2. The molecular formula is C19H14ClF2N3O2. The molecule has 0 bridgehead atoms. The highest BCUT2D eigenvalue weighted by molar-refractivity contribution is 6.30. The van der Waals surface area contributed by atoms with E-state index in [1.165, 1.54) is 17.0 Å². The van der Waals surface area contributed by atoms with Crippen LogP contribution in [0, 0.1) is 11.6 Å². The van der Waals surface area contributed by atoms with Crippen LogP contribution in [0.15, 0.2) is 47.0 Å². The van der Waals surface area contributed by atoms with Gasteiger partial charge in [0.25, 0.3) is 0 Å². The van der Waals surface area contributed by atoms with E-state index >= 15 is 0 Å². The Hall–Kier alpha value is -2.80. The fraction of sp³-hybridized carbons (Fsp3) is 0.211. The summed E-state index contributed by atoms with van der Waals surface area (Å²) in [5.41, 5.74) is 1.10. The monoisotopic (exact) mass is 389 g/mol. The van der Waals surface area contributed by atoms with Crippen LogP contribution in [0.1, 0.15) is 30.3 Å². The number of rotatable bonds is 4. The van der Waals surface area contributed by atoms with Gasteiger partial charge in [-0.1, -0.05) is 16.8 Å². The maximum absolute atomic E-state index is 13.4. The van der Waals surface area contributed by atoms with Crippen molar-refractivity contribution in [2.75, 3.05) is 0 Å². The third-order valence-electron chi connectivity index (χ3n) is 4.43. The van der Waals surface area contributed by atoms with Crippen molar-refractivity contribution in [1.82, 2.24) is 15.0 Å². The second kappa shape index (κ2) is 7.08. The number of halogens is 3. The molecule has 4 rings (SSSR count). The molecule has 3 aromatic rings. The van der Waals surface area contributed by atoms with Crippen molar-refractivity contribution in [2.24, 2.45) is 0 Å². The Bertz CT molecular complexity index is 971. The molecule has 0 aliphatic carbocycles. The number of carbonyl (C=O) groups excluding carboxylic acids is 1. The highest BCUT2D eigenvalue weighted by Crippen LogP contribution is 2.34. The Morgan fingerprint density at radius 3 is 2.56 bits per heavy atom. The maximum Gasteiger partial charge on any atom is 0.249 e. The molecule has 0 spiro atoms. The molecule has 1 fully saturated rings. The fourth-order valence-corrected chi connectivity index (χ4v) is 3.30. The summed E-state index contributed by atoms with van der Waals surface area (Å²) in [6.45, 7) is 0.0663. The van der Waals surface area contributed by atoms with Gasteiger partial charge in [0.2, 0.25) is 17.6 Å². The van der Waals surface area contributed by atoms with E-state index in [2.05, 4.69) is 10.1 Å². The average molecular weight is 390 g/mol. The summed E-state index contributed by atoms with van der Waals surface area (Å²) in [6.07, 6.45) is 0.806. The third kappa shape index (κ3) is 3.68. The van der Waals surface area contributed by atoms with Gasteiger partial charge in [-0.3, -0.25) is 4.79 Å². The predicted molar refractivity (Wildman–Crippen MR) is 93.6 cm³/mol. The SMILES string of the molecule is O=C1CCC(c2nc(-c3ccc(Cl)cc3)no2)N1Cc1cc(F)cc(F)c1. The van der Waals surface area contributed by atoms with Crippen molar-refractivity contribution in [1.29, 1.82) is 0 Å². The smallest absolute Gasteiger partial charge is 0.249 e. The molecule has 1 aliphatic heterocycles. The van der Waals surface area contributed by atoms with Gasteiger partial charge in [0.15, 0.2) is 0 Å². The van der Waals surface area contributed by atoms with Gasteiger partial charge in [-0.05, 0) is 48.4 Å². The second-order valence-electron chi connectivity index (χ2n) is 6.32. The van der Waals surface area contributed by atoms with Crippen LogP contribution in [0.4, 0.5) is 8.78 Å². The number of nitrogens with zero attached hydrogens (tertiary/aromatic N) is 3. The fourth-order valence-electron chi connectivity index (χ4n) is 3.17. The molecule has 0 N–H and O–H groups in total. The molecule has 5 nitrogen and oxygen atoms in total. The standard InChI is InChI=1S/C19H14ClF2N3O2/c20-13-3-1-12(2-4-13)18-23-19(27-24-18)16-5-6-17(26)25(16)10-11-7-14(21)9-15(22)8-11/h1-4,7-9,16H,5-6,10H2. The molecule has 27 heavy (non-hydrogen) atoms. The van der Waals surface area contributed by atoms with Gasteiger partial charge in [0, 0.05) is 29.6 Å². The van der Waals surface area contributed by atoms with Gasteiger partial charge in [-0.25, -0.2) is 8.78 Å². The lowest BCUT2D eigenvalue weighted by atomic mass is 10.1. The zero-order valence-electron chi connectivity index (χ0n) is 14.0. The molecule has 1 amide bonds. The van der Waals surface area contributed by atoms with E-state index in [4.69, 9.17) is 16.1 Å². The first-order valence-electron chi connectivity index (χ1n) is 8.33. The van der Waals surface area contributed by atoms with Crippen LogP contribution in [-0.2, 0) is 11.3 Å². The summed E-state index contributed by atoms with van der Waals surface area (Å²) in [5.74, 6) is -0.816. The molecule has 1 saturated heterocycles. The molecule has 0 saturated carbocycles. The summed E-state index contributed by atoms with van der Waals surface area (Å²) >= 11 is 5.88. The summed E-state index contributed by atoms with van der Waals surface area (Å²) in [6, 6.07) is 9.75. The molecule has 8 heteroatoms. The van der Waals surface area contributed by atoms with Crippen LogP contribution in [-0.4, -0.2) is 20.9 Å². The number of benzene rings is 2. The number of carbonyl (C=O) groups is 1. The number of amides is 1. The van der Waals surface area contributed by atoms with Crippen molar-refractivity contribution >= 4 is 17.5 Å². The van der Waals surface area contributed by atoms with Crippen molar-refractivity contribution in [3.63, 3.8) is 0 Å². The van der Waals surface area contributed by atoms with Gasteiger partial charge in [0.05, 0.1) is 0 Å². The van der Waals surface area contributed by atoms with E-state index in [1.807, 2.05) is 0 Å². The average Bonchev–Trinajstić information content (AvgIpc) is 3.23. The van der Waals surface area contributed by atoms with E-state index < -0.39 is 17.7 Å². The van der Waals surface area contributed by atoms with Gasteiger partial charge >= 0.3 is 0 Å². The van der Waals surface area contributed by atoms with Crippen LogP contribution in [0.3, 0.4) is 0 Å². The third-order valence-corrected chi connectivity index (χ3v) is 4.68. The molecule has 2 aromatic carbocycles. The second-order valence-corrected chi connectivity index (χ2v) is 6.75. The Labute approximate surface area is 158 Å². The lowest BCUT2D eigenvalue weighted by molar-refractivity contribution is -0.130. The zero-order chi connectivity index (χ0) is 19.0. The molecule has 2 heterocycles. The molecule has 0 radical (unpaired) electrons. The van der Waals surface area contributed by atoms with Gasteiger partial charge < -0.3 is 9.42 Å². The van der Waals surface area contributed by atoms with Crippen molar-refractivity contribution in [3.8, 4) is 11.4 Å². The minimum Gasteiger partial charge on any atom is -0.337 e. The summed E-state index contributed by atoms with van der Waals surface area (Å²) in [5, 5.41) is 4.56. The first-order chi connectivity index (χ1) is 13.0. The van der Waals surface area contributed by atoms with Crippen LogP contribution in [0.25, 0.3) is 11.4 Å². The predicted octanol–water partition coefficient (Wildman–Crippen LogP) is 4.53. The number of hydrogen-bond donors (Lipinski definition) is 0. The van der Waals surface area contributed by atoms with E-state index in [0.717, 1.165) is 11.6 Å². The zero-order valence-corrected chi connectivity index (χ0v) is 14.8. The van der Waals surface area contributed by atoms with Crippen molar-refractivity contribution in [3.05, 3.63) is 70.6 Å². The first-order valence-corrected chi connectivity index (χ1v) is 8.71. The van der Waals surface area contributed by atoms with Crippen molar-refractivity contribution in [2.45, 2.75) is 25.4 Å². The topological polar surface area (TPSA) is 59.2 Å². The first kappa shape index (κ1) is 17.6. The van der Waals surface area contributed by atoms with E-state index in [9.17, 15) is 13.6 Å².